The van der Waals surface area contributed by atoms with Crippen molar-refractivity contribution in [3.05, 3.63) is 47.7 Å². The Morgan fingerprint density at radius 3 is 2.67 bits per heavy atom. The van der Waals surface area contributed by atoms with E-state index in [0.717, 1.165) is 59.9 Å². The molecule has 1 saturated carbocycles. The van der Waals surface area contributed by atoms with E-state index in [1.165, 1.54) is 37.7 Å². The molecule has 2 aliphatic rings. The van der Waals surface area contributed by atoms with E-state index in [-0.39, 0.29) is 6.10 Å². The number of piperidine rings is 1. The van der Waals surface area contributed by atoms with Gasteiger partial charge in [0.05, 0.1) is 17.2 Å². The highest BCUT2D eigenvalue weighted by Crippen LogP contribution is 2.36. The average molecular weight is 448 g/mol. The van der Waals surface area contributed by atoms with Gasteiger partial charge in [-0.1, -0.05) is 30.9 Å². The van der Waals surface area contributed by atoms with Crippen LogP contribution in [0.15, 0.2) is 40.8 Å². The van der Waals surface area contributed by atoms with Gasteiger partial charge in [0.15, 0.2) is 0 Å². The maximum atomic E-state index is 6.05. The van der Waals surface area contributed by atoms with Crippen molar-refractivity contribution in [3.63, 3.8) is 0 Å². The van der Waals surface area contributed by atoms with Crippen LogP contribution in [0.3, 0.4) is 0 Å². The van der Waals surface area contributed by atoms with Crippen molar-refractivity contribution in [2.24, 2.45) is 5.92 Å². The van der Waals surface area contributed by atoms with Crippen molar-refractivity contribution >= 4 is 16.7 Å². The van der Waals surface area contributed by atoms with E-state index in [0.29, 0.717) is 12.0 Å². The van der Waals surface area contributed by atoms with E-state index in [4.69, 9.17) is 14.1 Å². The molecule has 3 heterocycles. The number of benzene rings is 1. The lowest BCUT2D eigenvalue weighted by atomic mass is 9.91. The van der Waals surface area contributed by atoms with Crippen LogP contribution in [0.2, 0.25) is 0 Å². The number of fused-ring (bicyclic) bond motifs is 1. The van der Waals surface area contributed by atoms with Gasteiger partial charge in [0.2, 0.25) is 0 Å². The van der Waals surface area contributed by atoms with Gasteiger partial charge in [0.1, 0.15) is 17.3 Å². The Bertz CT molecular complexity index is 1090. The fourth-order valence-corrected chi connectivity index (χ4v) is 5.57. The first kappa shape index (κ1) is 22.4. The molecule has 2 atom stereocenters. The zero-order valence-electron chi connectivity index (χ0n) is 20.3. The Kier molecular flexibility index (Phi) is 6.70. The SMILES string of the molecule is CO[C@H]1CN(c2nc3ccc(C)cc3cc2-c2ccc(C)o2)CC[C@H]1CNC1CCCCC1. The highest BCUT2D eigenvalue weighted by Gasteiger charge is 2.32. The van der Waals surface area contributed by atoms with E-state index in [9.17, 15) is 0 Å². The number of pyridine rings is 1. The number of anilines is 1. The number of aromatic nitrogens is 1. The van der Waals surface area contributed by atoms with E-state index >= 15 is 0 Å². The summed E-state index contributed by atoms with van der Waals surface area (Å²) >= 11 is 0. The zero-order chi connectivity index (χ0) is 22.8. The lowest BCUT2D eigenvalue weighted by Gasteiger charge is -2.40. The minimum Gasteiger partial charge on any atom is -0.461 e. The number of furan rings is 1. The van der Waals surface area contributed by atoms with E-state index < -0.39 is 0 Å². The Hall–Kier alpha value is -2.37. The maximum Gasteiger partial charge on any atom is 0.140 e. The van der Waals surface area contributed by atoms with Crippen molar-refractivity contribution in [1.82, 2.24) is 10.3 Å². The fraction of sp³-hybridized carbons (Fsp3) is 0.536. The molecule has 0 spiro atoms. The van der Waals surface area contributed by atoms with Gasteiger partial charge in [0, 0.05) is 44.1 Å². The summed E-state index contributed by atoms with van der Waals surface area (Å²) < 4.78 is 12.1. The van der Waals surface area contributed by atoms with Crippen molar-refractivity contribution in [1.29, 1.82) is 0 Å². The Morgan fingerprint density at radius 2 is 1.91 bits per heavy atom. The lowest BCUT2D eigenvalue weighted by Crippen LogP contribution is -2.49. The van der Waals surface area contributed by atoms with Crippen LogP contribution in [0, 0.1) is 19.8 Å². The minimum atomic E-state index is 0.191. The van der Waals surface area contributed by atoms with Gasteiger partial charge in [-0.25, -0.2) is 4.98 Å². The molecule has 5 nitrogen and oxygen atoms in total. The van der Waals surface area contributed by atoms with Crippen molar-refractivity contribution in [2.75, 3.05) is 31.6 Å². The third-order valence-corrected chi connectivity index (χ3v) is 7.53. The summed E-state index contributed by atoms with van der Waals surface area (Å²) in [6.07, 6.45) is 8.07. The molecule has 5 rings (SSSR count). The van der Waals surface area contributed by atoms with Crippen LogP contribution in [0.25, 0.3) is 22.2 Å². The molecule has 1 saturated heterocycles. The normalized spacial score (nSPS) is 22.2. The quantitative estimate of drug-likeness (QED) is 0.512. The third-order valence-electron chi connectivity index (χ3n) is 7.53. The average Bonchev–Trinajstić information content (AvgIpc) is 3.28. The molecule has 1 aliphatic heterocycles. The van der Waals surface area contributed by atoms with E-state index in [2.05, 4.69) is 47.5 Å². The Labute approximate surface area is 197 Å². The van der Waals surface area contributed by atoms with Crippen molar-refractivity contribution in [2.45, 2.75) is 64.5 Å². The Morgan fingerprint density at radius 1 is 1.06 bits per heavy atom. The molecule has 176 valence electrons. The predicted molar refractivity (Wildman–Crippen MR) is 135 cm³/mol. The Balaban J connectivity index is 1.39. The molecule has 33 heavy (non-hydrogen) atoms. The number of methoxy groups -OCH3 is 1. The third kappa shape index (κ3) is 4.95. The summed E-state index contributed by atoms with van der Waals surface area (Å²) in [7, 11) is 1.86. The molecule has 5 heteroatoms. The molecule has 2 aromatic heterocycles. The monoisotopic (exact) mass is 447 g/mol. The second kappa shape index (κ2) is 9.86. The van der Waals surface area contributed by atoms with Gasteiger partial charge in [0.25, 0.3) is 0 Å². The predicted octanol–water partition coefficient (Wildman–Crippen LogP) is 5.88. The van der Waals surface area contributed by atoms with Gasteiger partial charge in [-0.05, 0) is 63.4 Å². The van der Waals surface area contributed by atoms with Crippen LogP contribution in [-0.2, 0) is 4.74 Å². The molecule has 0 bridgehead atoms. The number of hydrogen-bond donors (Lipinski definition) is 1. The van der Waals surface area contributed by atoms with Crippen LogP contribution < -0.4 is 10.2 Å². The minimum absolute atomic E-state index is 0.191. The molecule has 2 fully saturated rings. The molecule has 0 radical (unpaired) electrons. The first-order chi connectivity index (χ1) is 16.1. The van der Waals surface area contributed by atoms with Crippen LogP contribution in [-0.4, -0.2) is 43.9 Å². The van der Waals surface area contributed by atoms with Gasteiger partial charge in [-0.2, -0.15) is 0 Å². The molecule has 0 unspecified atom stereocenters. The number of nitrogens with zero attached hydrogens (tertiary/aromatic N) is 2. The summed E-state index contributed by atoms with van der Waals surface area (Å²) in [5.74, 6) is 3.34. The summed E-state index contributed by atoms with van der Waals surface area (Å²) in [5, 5.41) is 5.00. The first-order valence-electron chi connectivity index (χ1n) is 12.6. The molecule has 0 amide bonds. The van der Waals surface area contributed by atoms with Crippen molar-refractivity contribution in [3.8, 4) is 11.3 Å². The van der Waals surface area contributed by atoms with Gasteiger partial charge < -0.3 is 19.4 Å². The summed E-state index contributed by atoms with van der Waals surface area (Å²) in [5.41, 5.74) is 3.33. The van der Waals surface area contributed by atoms with Crippen LogP contribution in [0.1, 0.15) is 49.8 Å². The standard InChI is InChI=1S/C28H37N3O2/c1-19-9-11-25-22(15-19)16-24(26-12-10-20(2)33-26)28(30-25)31-14-13-21(27(18-31)32-3)17-29-23-7-5-4-6-8-23/h9-12,15-16,21,23,27,29H,4-8,13-14,17-18H2,1-3H3/t21-,27-/m0/s1. The number of aryl methyl sites for hydroxylation is 2. The molecule has 1 aliphatic carbocycles. The van der Waals surface area contributed by atoms with E-state index in [1.54, 1.807) is 0 Å². The highest BCUT2D eigenvalue weighted by molar-refractivity contribution is 5.89. The summed E-state index contributed by atoms with van der Waals surface area (Å²) in [6, 6.07) is 13.5. The largest absolute Gasteiger partial charge is 0.461 e. The molecule has 1 N–H and O–H groups in total. The van der Waals surface area contributed by atoms with Gasteiger partial charge >= 0.3 is 0 Å². The maximum absolute atomic E-state index is 6.05. The smallest absolute Gasteiger partial charge is 0.140 e. The number of nitrogens with one attached hydrogen (secondary N) is 1. The number of rotatable bonds is 6. The van der Waals surface area contributed by atoms with Crippen molar-refractivity contribution < 1.29 is 9.15 Å². The topological polar surface area (TPSA) is 50.5 Å². The highest BCUT2D eigenvalue weighted by atomic mass is 16.5. The second-order valence-electron chi connectivity index (χ2n) is 9.98. The van der Waals surface area contributed by atoms with Crippen LogP contribution in [0.4, 0.5) is 5.82 Å². The number of hydrogen-bond acceptors (Lipinski definition) is 5. The fourth-order valence-electron chi connectivity index (χ4n) is 5.57. The number of ether oxygens (including phenoxy) is 1. The summed E-state index contributed by atoms with van der Waals surface area (Å²) in [4.78, 5) is 7.53. The second-order valence-corrected chi connectivity index (χ2v) is 9.98. The van der Waals surface area contributed by atoms with Crippen LogP contribution in [0.5, 0.6) is 0 Å². The summed E-state index contributed by atoms with van der Waals surface area (Å²) in [6.45, 7) is 7.00. The molecular formula is C28H37N3O2. The van der Waals surface area contributed by atoms with Gasteiger partial charge in [-0.15, -0.1) is 0 Å². The molecule has 1 aromatic carbocycles. The molecular weight excluding hydrogens is 410 g/mol. The van der Waals surface area contributed by atoms with Crippen LogP contribution >= 0.6 is 0 Å². The molecule has 3 aromatic rings. The first-order valence-corrected chi connectivity index (χ1v) is 12.6. The van der Waals surface area contributed by atoms with E-state index in [1.807, 2.05) is 20.1 Å². The van der Waals surface area contributed by atoms with Gasteiger partial charge in [-0.3, -0.25) is 0 Å². The lowest BCUT2D eigenvalue weighted by molar-refractivity contribution is 0.0407. The zero-order valence-corrected chi connectivity index (χ0v) is 20.3.